The van der Waals surface area contributed by atoms with Crippen molar-refractivity contribution in [2.75, 3.05) is 20.8 Å². The van der Waals surface area contributed by atoms with Gasteiger partial charge >= 0.3 is 0 Å². The molecule has 0 bridgehead atoms. The van der Waals surface area contributed by atoms with Gasteiger partial charge in [0.2, 0.25) is 0 Å². The minimum atomic E-state index is -0.297. The number of amidine groups is 1. The molecule has 1 aliphatic rings. The molecule has 3 rings (SSSR count). The molecule has 1 aliphatic heterocycles. The lowest BCUT2D eigenvalue weighted by Crippen LogP contribution is -2.45. The van der Waals surface area contributed by atoms with Crippen molar-refractivity contribution in [2.24, 2.45) is 5.10 Å². The summed E-state index contributed by atoms with van der Waals surface area (Å²) in [5, 5.41) is 4.18. The predicted octanol–water partition coefficient (Wildman–Crippen LogP) is 2.14. The molecule has 0 fully saturated rings. The van der Waals surface area contributed by atoms with Crippen molar-refractivity contribution in [1.29, 1.82) is 0 Å². The number of methoxy groups -OCH3 is 2. The largest absolute Gasteiger partial charge is 0.493 e. The summed E-state index contributed by atoms with van der Waals surface area (Å²) in [6.45, 7) is 0.589. The third-order valence-corrected chi connectivity index (χ3v) is 3.85. The number of amides is 1. The molecule has 0 radical (unpaired) electrons. The molecular formula is C18H18FN3O3. The molecule has 0 saturated carbocycles. The number of ether oxygens (including phenoxy) is 2. The van der Waals surface area contributed by atoms with Gasteiger partial charge in [-0.2, -0.15) is 5.10 Å². The van der Waals surface area contributed by atoms with E-state index in [0.717, 1.165) is 11.1 Å². The first-order chi connectivity index (χ1) is 12.1. The molecule has 2 aromatic rings. The van der Waals surface area contributed by atoms with Gasteiger partial charge in [-0.05, 0) is 35.9 Å². The fourth-order valence-electron chi connectivity index (χ4n) is 2.63. The Kier molecular flexibility index (Phi) is 4.83. The molecule has 6 nitrogen and oxygen atoms in total. The third kappa shape index (κ3) is 3.71. The van der Waals surface area contributed by atoms with Crippen LogP contribution in [0.5, 0.6) is 11.5 Å². The van der Waals surface area contributed by atoms with Crippen LogP contribution in [0.4, 0.5) is 4.39 Å². The zero-order chi connectivity index (χ0) is 17.8. The van der Waals surface area contributed by atoms with Crippen LogP contribution < -0.4 is 14.9 Å². The van der Waals surface area contributed by atoms with Crippen molar-refractivity contribution >= 4 is 11.7 Å². The van der Waals surface area contributed by atoms with Gasteiger partial charge in [0.1, 0.15) is 12.4 Å². The Morgan fingerprint density at radius 1 is 1.12 bits per heavy atom. The Bertz CT molecular complexity index is 806. The highest BCUT2D eigenvalue weighted by molar-refractivity contribution is 6.03. The number of nitrogens with zero attached hydrogens (tertiary/aromatic N) is 2. The zero-order valence-electron chi connectivity index (χ0n) is 14.0. The van der Waals surface area contributed by atoms with E-state index in [1.165, 1.54) is 12.1 Å². The molecule has 0 aliphatic carbocycles. The summed E-state index contributed by atoms with van der Waals surface area (Å²) in [6.07, 6.45) is 0. The van der Waals surface area contributed by atoms with E-state index in [4.69, 9.17) is 9.47 Å². The van der Waals surface area contributed by atoms with E-state index < -0.39 is 0 Å². The number of carbonyl (C=O) groups excluding carboxylic acids is 1. The Balaban J connectivity index is 1.91. The highest BCUT2D eigenvalue weighted by atomic mass is 19.1. The summed E-state index contributed by atoms with van der Waals surface area (Å²) in [7, 11) is 3.12. The number of hydrogen-bond donors (Lipinski definition) is 1. The molecule has 1 heterocycles. The fourth-order valence-corrected chi connectivity index (χ4v) is 2.63. The first kappa shape index (κ1) is 16.8. The first-order valence-corrected chi connectivity index (χ1v) is 7.69. The van der Waals surface area contributed by atoms with Crippen LogP contribution in [0.2, 0.25) is 0 Å². The van der Waals surface area contributed by atoms with E-state index in [-0.39, 0.29) is 18.3 Å². The predicted molar refractivity (Wildman–Crippen MR) is 91.0 cm³/mol. The van der Waals surface area contributed by atoms with Crippen molar-refractivity contribution in [3.05, 3.63) is 59.4 Å². The molecule has 0 atom stereocenters. The Morgan fingerprint density at radius 2 is 1.84 bits per heavy atom. The number of nitrogens with one attached hydrogen (secondary N) is 1. The van der Waals surface area contributed by atoms with Crippen molar-refractivity contribution in [1.82, 2.24) is 10.3 Å². The van der Waals surface area contributed by atoms with E-state index in [2.05, 4.69) is 10.5 Å². The van der Waals surface area contributed by atoms with Crippen LogP contribution >= 0.6 is 0 Å². The van der Waals surface area contributed by atoms with E-state index in [1.807, 2.05) is 11.0 Å². The van der Waals surface area contributed by atoms with Crippen molar-refractivity contribution in [2.45, 2.75) is 6.54 Å². The standard InChI is InChI=1S/C18H18FN3O3/c1-24-15-8-5-13(9-16(15)25-2)18-21-20-17(23)11-22(18)10-12-3-6-14(19)7-4-12/h3-9H,10-11H2,1-2H3,(H,20,23). The van der Waals surface area contributed by atoms with E-state index >= 15 is 0 Å². The zero-order valence-corrected chi connectivity index (χ0v) is 14.0. The number of carbonyl (C=O) groups is 1. The topological polar surface area (TPSA) is 63.2 Å². The number of hydrazone groups is 1. The van der Waals surface area contributed by atoms with Crippen LogP contribution in [0.15, 0.2) is 47.6 Å². The molecule has 1 amide bonds. The summed E-state index contributed by atoms with van der Waals surface area (Å²) in [5.41, 5.74) is 4.15. The normalized spacial score (nSPS) is 14.0. The second-order valence-electron chi connectivity index (χ2n) is 5.52. The van der Waals surface area contributed by atoms with Gasteiger partial charge in [0.05, 0.1) is 14.2 Å². The molecular weight excluding hydrogens is 325 g/mol. The summed E-state index contributed by atoms with van der Waals surface area (Å²) < 4.78 is 23.7. The molecule has 25 heavy (non-hydrogen) atoms. The van der Waals surface area contributed by atoms with Crippen molar-refractivity contribution in [3.8, 4) is 11.5 Å². The van der Waals surface area contributed by atoms with Gasteiger partial charge in [-0.1, -0.05) is 12.1 Å². The Labute approximate surface area is 144 Å². The highest BCUT2D eigenvalue weighted by Crippen LogP contribution is 2.28. The van der Waals surface area contributed by atoms with Gasteiger partial charge in [-0.3, -0.25) is 4.79 Å². The second kappa shape index (κ2) is 7.21. The van der Waals surface area contributed by atoms with Gasteiger partial charge < -0.3 is 14.4 Å². The minimum absolute atomic E-state index is 0.157. The average molecular weight is 343 g/mol. The SMILES string of the molecule is COc1ccc(C2=NNC(=O)CN2Cc2ccc(F)cc2)cc1OC. The highest BCUT2D eigenvalue weighted by Gasteiger charge is 2.23. The van der Waals surface area contributed by atoms with Crippen LogP contribution in [0.1, 0.15) is 11.1 Å². The molecule has 130 valence electrons. The van der Waals surface area contributed by atoms with Gasteiger partial charge in [-0.25, -0.2) is 9.82 Å². The molecule has 7 heteroatoms. The van der Waals surface area contributed by atoms with Crippen LogP contribution in [0.3, 0.4) is 0 Å². The summed E-state index contributed by atoms with van der Waals surface area (Å²) in [6, 6.07) is 11.6. The quantitative estimate of drug-likeness (QED) is 0.903. The van der Waals surface area contributed by atoms with E-state index in [9.17, 15) is 9.18 Å². The van der Waals surface area contributed by atoms with Crippen molar-refractivity contribution < 1.29 is 18.7 Å². The van der Waals surface area contributed by atoms with Gasteiger partial charge in [0.25, 0.3) is 5.91 Å². The lowest BCUT2D eigenvalue weighted by atomic mass is 10.1. The van der Waals surface area contributed by atoms with Gasteiger partial charge in [0.15, 0.2) is 17.3 Å². The maximum Gasteiger partial charge on any atom is 0.259 e. The van der Waals surface area contributed by atoms with Crippen LogP contribution in [0.25, 0.3) is 0 Å². The minimum Gasteiger partial charge on any atom is -0.493 e. The van der Waals surface area contributed by atoms with E-state index in [0.29, 0.717) is 23.9 Å². The van der Waals surface area contributed by atoms with E-state index in [1.54, 1.807) is 38.5 Å². The van der Waals surface area contributed by atoms with Crippen LogP contribution in [0, 0.1) is 5.82 Å². The number of benzene rings is 2. The number of rotatable bonds is 5. The smallest absolute Gasteiger partial charge is 0.259 e. The van der Waals surface area contributed by atoms with Crippen LogP contribution in [-0.4, -0.2) is 37.4 Å². The maximum atomic E-state index is 13.1. The average Bonchev–Trinajstić information content (AvgIpc) is 2.63. The number of hydrogen-bond acceptors (Lipinski definition) is 5. The third-order valence-electron chi connectivity index (χ3n) is 3.85. The van der Waals surface area contributed by atoms with Crippen LogP contribution in [-0.2, 0) is 11.3 Å². The lowest BCUT2D eigenvalue weighted by molar-refractivity contribution is -0.122. The molecule has 0 aromatic heterocycles. The monoisotopic (exact) mass is 343 g/mol. The molecule has 2 aromatic carbocycles. The summed E-state index contributed by atoms with van der Waals surface area (Å²) >= 11 is 0. The Morgan fingerprint density at radius 3 is 2.52 bits per heavy atom. The summed E-state index contributed by atoms with van der Waals surface area (Å²) in [4.78, 5) is 13.6. The van der Waals surface area contributed by atoms with Gasteiger partial charge in [-0.15, -0.1) is 0 Å². The summed E-state index contributed by atoms with van der Waals surface area (Å²) in [5.74, 6) is 1.28. The fraction of sp³-hybridized carbons (Fsp3) is 0.222. The molecule has 0 saturated heterocycles. The van der Waals surface area contributed by atoms with Crippen molar-refractivity contribution in [3.63, 3.8) is 0 Å². The Hall–Kier alpha value is -3.09. The second-order valence-corrected chi connectivity index (χ2v) is 5.52. The molecule has 0 unspecified atom stereocenters. The molecule has 1 N–H and O–H groups in total. The number of halogens is 1. The lowest BCUT2D eigenvalue weighted by Gasteiger charge is -2.29. The van der Waals surface area contributed by atoms with Gasteiger partial charge in [0, 0.05) is 12.1 Å². The first-order valence-electron chi connectivity index (χ1n) is 7.69. The maximum absolute atomic E-state index is 13.1. The molecule has 0 spiro atoms.